The molecule has 2 aromatic rings. The smallest absolute Gasteiger partial charge is 0.284 e. The quantitative estimate of drug-likeness (QED) is 0.613. The zero-order valence-electron chi connectivity index (χ0n) is 14.7. The topological polar surface area (TPSA) is 49.7 Å². The van der Waals surface area contributed by atoms with Gasteiger partial charge in [0.05, 0.1) is 4.90 Å². The summed E-state index contributed by atoms with van der Waals surface area (Å²) in [5.41, 5.74) is 2.54. The van der Waals surface area contributed by atoms with E-state index in [0.717, 1.165) is 11.1 Å². The van der Waals surface area contributed by atoms with Crippen molar-refractivity contribution >= 4 is 15.9 Å². The van der Waals surface area contributed by atoms with Crippen LogP contribution >= 0.6 is 0 Å². The number of rotatable bonds is 5. The fraction of sp³-hybridized carbons (Fsp3) is 0.316. The van der Waals surface area contributed by atoms with E-state index in [2.05, 4.69) is 4.40 Å². The number of nitrogens with zero attached hydrogens (tertiary/aromatic N) is 2. The van der Waals surface area contributed by atoms with E-state index in [1.807, 2.05) is 62.1 Å². The maximum atomic E-state index is 12.9. The SMILES string of the molecule is CCN(CC)C(=NS(=O)(=O)c1ccc(C)cc1C)c1ccccc1. The number of hydrogen-bond acceptors (Lipinski definition) is 2. The average molecular weight is 344 g/mol. The summed E-state index contributed by atoms with van der Waals surface area (Å²) in [4.78, 5) is 2.21. The summed E-state index contributed by atoms with van der Waals surface area (Å²) in [6, 6.07) is 14.7. The lowest BCUT2D eigenvalue weighted by Crippen LogP contribution is -2.32. The number of hydrogen-bond donors (Lipinski definition) is 0. The average Bonchev–Trinajstić information content (AvgIpc) is 2.55. The van der Waals surface area contributed by atoms with E-state index in [4.69, 9.17) is 0 Å². The lowest BCUT2D eigenvalue weighted by atomic mass is 10.2. The van der Waals surface area contributed by atoms with Gasteiger partial charge in [0.25, 0.3) is 10.0 Å². The van der Waals surface area contributed by atoms with Crippen LogP contribution in [0.1, 0.15) is 30.5 Å². The van der Waals surface area contributed by atoms with Crippen LogP contribution in [-0.2, 0) is 10.0 Å². The predicted molar refractivity (Wildman–Crippen MR) is 99.0 cm³/mol. The predicted octanol–water partition coefficient (Wildman–Crippen LogP) is 3.78. The molecule has 0 amide bonds. The molecular weight excluding hydrogens is 320 g/mol. The van der Waals surface area contributed by atoms with Gasteiger partial charge in [0.1, 0.15) is 5.84 Å². The molecule has 0 aliphatic heterocycles. The monoisotopic (exact) mass is 344 g/mol. The Bertz CT molecular complexity index is 824. The van der Waals surface area contributed by atoms with Crippen molar-refractivity contribution in [1.29, 1.82) is 0 Å². The molecule has 0 radical (unpaired) electrons. The second-order valence-corrected chi connectivity index (χ2v) is 7.27. The van der Waals surface area contributed by atoms with Gasteiger partial charge in [-0.15, -0.1) is 4.40 Å². The molecule has 24 heavy (non-hydrogen) atoms. The molecular formula is C19H24N2O2S. The first-order chi connectivity index (χ1) is 11.4. The zero-order chi connectivity index (χ0) is 17.7. The first kappa shape index (κ1) is 18.2. The molecule has 0 spiro atoms. The Morgan fingerprint density at radius 1 is 1.00 bits per heavy atom. The minimum absolute atomic E-state index is 0.258. The molecule has 0 N–H and O–H groups in total. The van der Waals surface area contributed by atoms with Crippen molar-refractivity contribution in [2.75, 3.05) is 13.1 Å². The summed E-state index contributed by atoms with van der Waals surface area (Å²) in [6.07, 6.45) is 0. The Morgan fingerprint density at radius 3 is 2.17 bits per heavy atom. The van der Waals surface area contributed by atoms with E-state index in [9.17, 15) is 8.42 Å². The van der Waals surface area contributed by atoms with Gasteiger partial charge < -0.3 is 4.90 Å². The first-order valence-electron chi connectivity index (χ1n) is 8.11. The van der Waals surface area contributed by atoms with Gasteiger partial charge in [0, 0.05) is 18.7 Å². The number of benzene rings is 2. The molecule has 5 heteroatoms. The Balaban J connectivity index is 2.60. The normalized spacial score (nSPS) is 12.2. The number of sulfonamides is 1. The van der Waals surface area contributed by atoms with E-state index in [-0.39, 0.29) is 4.90 Å². The lowest BCUT2D eigenvalue weighted by Gasteiger charge is -2.23. The van der Waals surface area contributed by atoms with Crippen molar-refractivity contribution in [3.8, 4) is 0 Å². The van der Waals surface area contributed by atoms with Crippen LogP contribution in [0.15, 0.2) is 57.8 Å². The molecule has 4 nitrogen and oxygen atoms in total. The van der Waals surface area contributed by atoms with Gasteiger partial charge in [-0.25, -0.2) is 0 Å². The Morgan fingerprint density at radius 2 is 1.62 bits per heavy atom. The van der Waals surface area contributed by atoms with Crippen molar-refractivity contribution in [3.63, 3.8) is 0 Å². The zero-order valence-corrected chi connectivity index (χ0v) is 15.5. The fourth-order valence-electron chi connectivity index (χ4n) is 2.66. The van der Waals surface area contributed by atoms with Crippen molar-refractivity contribution in [1.82, 2.24) is 4.90 Å². The van der Waals surface area contributed by atoms with Crippen LogP contribution < -0.4 is 0 Å². The van der Waals surface area contributed by atoms with Crippen LogP contribution in [0, 0.1) is 13.8 Å². The Hall–Kier alpha value is -2.14. The van der Waals surface area contributed by atoms with Crippen LogP contribution in [0.2, 0.25) is 0 Å². The van der Waals surface area contributed by atoms with Crippen LogP contribution in [-0.4, -0.2) is 32.2 Å². The van der Waals surface area contributed by atoms with Gasteiger partial charge in [-0.1, -0.05) is 48.0 Å². The van der Waals surface area contributed by atoms with Gasteiger partial charge in [-0.05, 0) is 39.3 Å². The van der Waals surface area contributed by atoms with Crippen molar-refractivity contribution in [2.45, 2.75) is 32.6 Å². The molecule has 0 atom stereocenters. The highest BCUT2D eigenvalue weighted by Crippen LogP contribution is 2.20. The minimum Gasteiger partial charge on any atom is -0.356 e. The maximum absolute atomic E-state index is 12.9. The molecule has 0 aliphatic rings. The van der Waals surface area contributed by atoms with E-state index in [1.165, 1.54) is 0 Å². The third-order valence-electron chi connectivity index (χ3n) is 3.91. The van der Waals surface area contributed by atoms with E-state index in [0.29, 0.717) is 24.5 Å². The maximum Gasteiger partial charge on any atom is 0.284 e. The molecule has 0 aliphatic carbocycles. The van der Waals surface area contributed by atoms with Crippen molar-refractivity contribution in [2.24, 2.45) is 4.40 Å². The molecule has 2 rings (SSSR count). The first-order valence-corrected chi connectivity index (χ1v) is 9.55. The number of aryl methyl sites for hydroxylation is 2. The molecule has 0 bridgehead atoms. The van der Waals surface area contributed by atoms with Gasteiger partial charge in [0.15, 0.2) is 0 Å². The second-order valence-electron chi connectivity index (χ2n) is 5.70. The van der Waals surface area contributed by atoms with Gasteiger partial charge in [-0.3, -0.25) is 0 Å². The Labute approximate surface area is 144 Å². The van der Waals surface area contributed by atoms with E-state index >= 15 is 0 Å². The van der Waals surface area contributed by atoms with Crippen LogP contribution in [0.3, 0.4) is 0 Å². The standard InChI is InChI=1S/C19H24N2O2S/c1-5-21(6-2)19(17-10-8-7-9-11-17)20-24(22,23)18-13-12-15(3)14-16(18)4/h7-14H,5-6H2,1-4H3. The van der Waals surface area contributed by atoms with Crippen molar-refractivity contribution < 1.29 is 8.42 Å². The molecule has 0 aromatic heterocycles. The molecule has 0 fully saturated rings. The summed E-state index contributed by atoms with van der Waals surface area (Å²) in [7, 11) is -3.77. The van der Waals surface area contributed by atoms with E-state index < -0.39 is 10.0 Å². The van der Waals surface area contributed by atoms with Gasteiger partial charge >= 0.3 is 0 Å². The van der Waals surface area contributed by atoms with Crippen LogP contribution in [0.25, 0.3) is 0 Å². The Kier molecular flexibility index (Phi) is 5.78. The molecule has 0 unspecified atom stereocenters. The van der Waals surface area contributed by atoms with E-state index in [1.54, 1.807) is 19.1 Å². The summed E-state index contributed by atoms with van der Waals surface area (Å²) >= 11 is 0. The van der Waals surface area contributed by atoms with Gasteiger partial charge in [-0.2, -0.15) is 8.42 Å². The molecule has 0 saturated heterocycles. The van der Waals surface area contributed by atoms with Crippen LogP contribution in [0.5, 0.6) is 0 Å². The molecule has 128 valence electrons. The highest BCUT2D eigenvalue weighted by molar-refractivity contribution is 7.90. The minimum atomic E-state index is -3.77. The molecule has 2 aromatic carbocycles. The fourth-order valence-corrected chi connectivity index (χ4v) is 3.91. The molecule has 0 saturated carbocycles. The largest absolute Gasteiger partial charge is 0.356 e. The third-order valence-corrected chi connectivity index (χ3v) is 5.34. The summed E-state index contributed by atoms with van der Waals surface area (Å²) in [6.45, 7) is 9.10. The van der Waals surface area contributed by atoms with Crippen molar-refractivity contribution in [3.05, 3.63) is 65.2 Å². The summed E-state index contributed by atoms with van der Waals surface area (Å²) in [5.74, 6) is 0.487. The summed E-state index contributed by atoms with van der Waals surface area (Å²) in [5, 5.41) is 0. The lowest BCUT2D eigenvalue weighted by molar-refractivity contribution is 0.467. The highest BCUT2D eigenvalue weighted by Gasteiger charge is 2.20. The number of amidine groups is 1. The highest BCUT2D eigenvalue weighted by atomic mass is 32.2. The van der Waals surface area contributed by atoms with Crippen LogP contribution in [0.4, 0.5) is 0 Å². The molecule has 0 heterocycles. The summed E-state index contributed by atoms with van der Waals surface area (Å²) < 4.78 is 29.9. The van der Waals surface area contributed by atoms with Gasteiger partial charge in [0.2, 0.25) is 0 Å². The second kappa shape index (κ2) is 7.62. The third kappa shape index (κ3) is 4.03.